The highest BCUT2D eigenvalue weighted by molar-refractivity contribution is 5.79. The molecule has 0 spiro atoms. The zero-order valence-electron chi connectivity index (χ0n) is 15.7. The third-order valence-corrected chi connectivity index (χ3v) is 3.83. The van der Waals surface area contributed by atoms with Gasteiger partial charge >= 0.3 is 0 Å². The molecule has 0 unspecified atom stereocenters. The molecule has 2 N–H and O–H groups in total. The van der Waals surface area contributed by atoms with Crippen molar-refractivity contribution in [2.45, 2.75) is 20.0 Å². The third kappa shape index (κ3) is 5.88. The zero-order chi connectivity index (χ0) is 19.6. The number of nitrogens with one attached hydrogen (secondary N) is 2. The third-order valence-electron chi connectivity index (χ3n) is 3.83. The minimum absolute atomic E-state index is 0.0589. The van der Waals surface area contributed by atoms with E-state index in [2.05, 4.69) is 15.6 Å². The normalized spacial score (nSPS) is 11.0. The maximum Gasteiger partial charge on any atom is 0.269 e. The highest BCUT2D eigenvalue weighted by atomic mass is 16.6. The van der Waals surface area contributed by atoms with E-state index < -0.39 is 4.92 Å². The second-order valence-electron chi connectivity index (χ2n) is 5.65. The van der Waals surface area contributed by atoms with E-state index in [9.17, 15) is 10.1 Å². The van der Waals surface area contributed by atoms with Crippen LogP contribution in [0, 0.1) is 10.1 Å². The molecule has 0 aromatic heterocycles. The molecular weight excluding hydrogens is 348 g/mol. The van der Waals surface area contributed by atoms with Crippen molar-refractivity contribution in [3.8, 4) is 11.5 Å². The van der Waals surface area contributed by atoms with Gasteiger partial charge in [-0.05, 0) is 24.6 Å². The molecule has 0 atom stereocenters. The first-order chi connectivity index (χ1) is 13.1. The quantitative estimate of drug-likeness (QED) is 0.320. The van der Waals surface area contributed by atoms with Crippen molar-refractivity contribution in [2.24, 2.45) is 4.99 Å². The minimum Gasteiger partial charge on any atom is -0.497 e. The summed E-state index contributed by atoms with van der Waals surface area (Å²) in [7, 11) is 3.22. The number of guanidine groups is 1. The van der Waals surface area contributed by atoms with Crippen LogP contribution in [0.15, 0.2) is 47.5 Å². The van der Waals surface area contributed by atoms with E-state index in [1.165, 1.54) is 12.1 Å². The van der Waals surface area contributed by atoms with Crippen LogP contribution < -0.4 is 20.1 Å². The van der Waals surface area contributed by atoms with Crippen molar-refractivity contribution < 1.29 is 14.4 Å². The predicted molar refractivity (Wildman–Crippen MR) is 104 cm³/mol. The number of methoxy groups -OCH3 is 2. The number of hydrogen-bond acceptors (Lipinski definition) is 5. The molecular formula is C19H24N4O4. The Bertz CT molecular complexity index is 808. The van der Waals surface area contributed by atoms with Crippen molar-refractivity contribution in [3.05, 3.63) is 63.7 Å². The predicted octanol–water partition coefficient (Wildman–Crippen LogP) is 2.87. The topological polar surface area (TPSA) is 98.0 Å². The largest absolute Gasteiger partial charge is 0.497 e. The zero-order valence-corrected chi connectivity index (χ0v) is 15.7. The molecule has 0 heterocycles. The van der Waals surface area contributed by atoms with Gasteiger partial charge in [-0.1, -0.05) is 12.1 Å². The van der Waals surface area contributed by atoms with Gasteiger partial charge in [-0.2, -0.15) is 0 Å². The summed E-state index contributed by atoms with van der Waals surface area (Å²) in [5.41, 5.74) is 1.78. The Morgan fingerprint density at radius 2 is 1.96 bits per heavy atom. The molecule has 27 heavy (non-hydrogen) atoms. The van der Waals surface area contributed by atoms with Gasteiger partial charge in [-0.25, -0.2) is 4.99 Å². The van der Waals surface area contributed by atoms with Crippen LogP contribution in [0.25, 0.3) is 0 Å². The maximum absolute atomic E-state index is 10.9. The summed E-state index contributed by atoms with van der Waals surface area (Å²) in [6.07, 6.45) is 0. The van der Waals surface area contributed by atoms with Gasteiger partial charge in [-0.15, -0.1) is 0 Å². The monoisotopic (exact) mass is 372 g/mol. The molecule has 0 aliphatic heterocycles. The van der Waals surface area contributed by atoms with E-state index in [-0.39, 0.29) is 5.69 Å². The van der Waals surface area contributed by atoms with Gasteiger partial charge in [0, 0.05) is 36.9 Å². The Morgan fingerprint density at radius 1 is 1.15 bits per heavy atom. The lowest BCUT2D eigenvalue weighted by Crippen LogP contribution is -2.36. The number of nitro groups is 1. The summed E-state index contributed by atoms with van der Waals surface area (Å²) in [5, 5.41) is 17.3. The molecule has 8 nitrogen and oxygen atoms in total. The van der Waals surface area contributed by atoms with Crippen LogP contribution in [0.5, 0.6) is 11.5 Å². The first-order valence-electron chi connectivity index (χ1n) is 8.53. The van der Waals surface area contributed by atoms with Crippen molar-refractivity contribution in [2.75, 3.05) is 20.8 Å². The molecule has 2 aromatic rings. The Labute approximate surface area is 158 Å². The number of rotatable bonds is 8. The van der Waals surface area contributed by atoms with E-state index in [0.29, 0.717) is 25.6 Å². The van der Waals surface area contributed by atoms with Gasteiger partial charge in [0.2, 0.25) is 0 Å². The van der Waals surface area contributed by atoms with E-state index in [0.717, 1.165) is 22.6 Å². The molecule has 0 radical (unpaired) electrons. The number of aliphatic imine (C=N–C) groups is 1. The summed E-state index contributed by atoms with van der Waals surface area (Å²) in [6, 6.07) is 12.1. The smallest absolute Gasteiger partial charge is 0.269 e. The van der Waals surface area contributed by atoms with Crippen LogP contribution >= 0.6 is 0 Å². The number of nitrogens with zero attached hydrogens (tertiary/aromatic N) is 2. The second-order valence-corrected chi connectivity index (χ2v) is 5.65. The van der Waals surface area contributed by atoms with E-state index in [4.69, 9.17) is 9.47 Å². The van der Waals surface area contributed by atoms with Gasteiger partial charge in [0.1, 0.15) is 11.5 Å². The van der Waals surface area contributed by atoms with Crippen molar-refractivity contribution in [1.29, 1.82) is 0 Å². The van der Waals surface area contributed by atoms with Crippen LogP contribution in [0.1, 0.15) is 18.1 Å². The molecule has 0 aliphatic carbocycles. The first-order valence-corrected chi connectivity index (χ1v) is 8.53. The van der Waals surface area contributed by atoms with E-state index >= 15 is 0 Å². The summed E-state index contributed by atoms with van der Waals surface area (Å²) < 4.78 is 10.6. The van der Waals surface area contributed by atoms with Gasteiger partial charge < -0.3 is 20.1 Å². The number of nitro benzene ring substituents is 1. The second kappa shape index (κ2) is 10.0. The fourth-order valence-electron chi connectivity index (χ4n) is 2.46. The number of hydrogen-bond donors (Lipinski definition) is 2. The lowest BCUT2D eigenvalue weighted by molar-refractivity contribution is -0.384. The SMILES string of the molecule is CCNC(=NCc1cccc([N+](=O)[O-])c1)NCc1ccc(OC)cc1OC. The fourth-order valence-corrected chi connectivity index (χ4v) is 2.46. The van der Waals surface area contributed by atoms with Crippen LogP contribution in [0.2, 0.25) is 0 Å². The molecule has 0 amide bonds. The van der Waals surface area contributed by atoms with Crippen LogP contribution in [-0.2, 0) is 13.1 Å². The average molecular weight is 372 g/mol. The van der Waals surface area contributed by atoms with Crippen LogP contribution in [0.3, 0.4) is 0 Å². The maximum atomic E-state index is 10.9. The molecule has 8 heteroatoms. The van der Waals surface area contributed by atoms with Crippen molar-refractivity contribution in [3.63, 3.8) is 0 Å². The molecule has 0 saturated heterocycles. The van der Waals surface area contributed by atoms with Crippen LogP contribution in [0.4, 0.5) is 5.69 Å². The summed E-state index contributed by atoms with van der Waals surface area (Å²) in [6.45, 7) is 3.50. The average Bonchev–Trinajstić information content (AvgIpc) is 2.70. The lowest BCUT2D eigenvalue weighted by atomic mass is 10.2. The Kier molecular flexibility index (Phi) is 7.42. The lowest BCUT2D eigenvalue weighted by Gasteiger charge is -2.14. The van der Waals surface area contributed by atoms with Crippen molar-refractivity contribution in [1.82, 2.24) is 10.6 Å². The van der Waals surface area contributed by atoms with Crippen molar-refractivity contribution >= 4 is 11.6 Å². The number of non-ortho nitro benzene ring substituents is 1. The number of benzene rings is 2. The highest BCUT2D eigenvalue weighted by Crippen LogP contribution is 2.24. The highest BCUT2D eigenvalue weighted by Gasteiger charge is 2.08. The molecule has 2 rings (SSSR count). The molecule has 0 fully saturated rings. The fraction of sp³-hybridized carbons (Fsp3) is 0.316. The number of ether oxygens (including phenoxy) is 2. The Balaban J connectivity index is 2.08. The standard InChI is InChI=1S/C19H24N4O4/c1-4-20-19(21-12-14-6-5-7-16(10-14)23(24)25)22-13-15-8-9-17(26-2)11-18(15)27-3/h5-11H,4,12-13H2,1-3H3,(H2,20,21,22). The summed E-state index contributed by atoms with van der Waals surface area (Å²) in [5.74, 6) is 2.06. The molecule has 2 aromatic carbocycles. The molecule has 144 valence electrons. The van der Waals surface area contributed by atoms with Gasteiger partial charge in [-0.3, -0.25) is 10.1 Å². The van der Waals surface area contributed by atoms with Gasteiger partial charge in [0.05, 0.1) is 25.7 Å². The van der Waals surface area contributed by atoms with Gasteiger partial charge in [0.15, 0.2) is 5.96 Å². The first kappa shape index (κ1) is 20.0. The van der Waals surface area contributed by atoms with E-state index in [1.807, 2.05) is 31.2 Å². The summed E-state index contributed by atoms with van der Waals surface area (Å²) in [4.78, 5) is 15.0. The van der Waals surface area contributed by atoms with E-state index in [1.54, 1.807) is 20.3 Å². The Morgan fingerprint density at radius 3 is 2.63 bits per heavy atom. The minimum atomic E-state index is -0.410. The summed E-state index contributed by atoms with van der Waals surface area (Å²) >= 11 is 0. The molecule has 0 aliphatic rings. The van der Waals surface area contributed by atoms with Gasteiger partial charge in [0.25, 0.3) is 5.69 Å². The molecule has 0 saturated carbocycles. The Hall–Kier alpha value is -3.29. The molecule has 0 bridgehead atoms. The van der Waals surface area contributed by atoms with Crippen LogP contribution in [-0.4, -0.2) is 31.6 Å².